The number of nitrogens with zero attached hydrogens (tertiary/aromatic N) is 3. The van der Waals surface area contributed by atoms with E-state index in [4.69, 9.17) is 12.2 Å². The molecule has 0 bridgehead atoms. The molecule has 27 heavy (non-hydrogen) atoms. The van der Waals surface area contributed by atoms with Crippen LogP contribution in [-0.2, 0) is 4.79 Å². The van der Waals surface area contributed by atoms with Gasteiger partial charge in [-0.25, -0.2) is 0 Å². The Morgan fingerprint density at radius 3 is 2.67 bits per heavy atom. The largest absolute Gasteiger partial charge is 0.390 e. The van der Waals surface area contributed by atoms with E-state index in [0.717, 1.165) is 16.5 Å². The number of hydrogen-bond donors (Lipinski definition) is 2. The number of fused-ring (bicyclic) bond motifs is 1. The summed E-state index contributed by atoms with van der Waals surface area (Å²) in [5.41, 5.74) is 1.04. The zero-order chi connectivity index (χ0) is 19.0. The lowest BCUT2D eigenvalue weighted by Gasteiger charge is -2.37. The average molecular weight is 382 g/mol. The van der Waals surface area contributed by atoms with E-state index >= 15 is 0 Å². The Kier molecular flexibility index (Phi) is 4.57. The quantitative estimate of drug-likeness (QED) is 0.683. The van der Waals surface area contributed by atoms with E-state index in [2.05, 4.69) is 10.2 Å². The molecule has 1 amide bonds. The number of pyridine rings is 1. The summed E-state index contributed by atoms with van der Waals surface area (Å²) >= 11 is 5.67. The summed E-state index contributed by atoms with van der Waals surface area (Å²) in [5, 5.41) is 18.0. The summed E-state index contributed by atoms with van der Waals surface area (Å²) in [4.78, 5) is 15.3. The molecular weight excluding hydrogens is 360 g/mol. The SMILES string of the molecule is CC1(O)CCN(C(=O)C(c2ccccc2)n2ccc3[nH]ncc3c2=S)CC1. The van der Waals surface area contributed by atoms with Crippen LogP contribution in [0.1, 0.15) is 31.4 Å². The van der Waals surface area contributed by atoms with E-state index in [9.17, 15) is 9.90 Å². The number of benzene rings is 1. The molecule has 3 aromatic rings. The number of nitrogens with one attached hydrogen (secondary N) is 1. The van der Waals surface area contributed by atoms with Gasteiger partial charge in [-0.2, -0.15) is 5.10 Å². The Bertz CT molecular complexity index is 1020. The third-order valence-corrected chi connectivity index (χ3v) is 5.75. The van der Waals surface area contributed by atoms with Gasteiger partial charge < -0.3 is 14.6 Å². The molecule has 1 fully saturated rings. The van der Waals surface area contributed by atoms with Crippen LogP contribution in [0.3, 0.4) is 0 Å². The van der Waals surface area contributed by atoms with Gasteiger partial charge in [-0.15, -0.1) is 0 Å². The van der Waals surface area contributed by atoms with Crippen LogP contribution in [0.15, 0.2) is 48.8 Å². The number of aromatic amines is 1. The maximum absolute atomic E-state index is 13.5. The lowest BCUT2D eigenvalue weighted by atomic mass is 9.93. The minimum atomic E-state index is -0.703. The molecule has 1 aromatic carbocycles. The van der Waals surface area contributed by atoms with E-state index in [-0.39, 0.29) is 5.91 Å². The monoisotopic (exact) mass is 382 g/mol. The van der Waals surface area contributed by atoms with Crippen LogP contribution in [0.5, 0.6) is 0 Å². The molecule has 0 saturated carbocycles. The van der Waals surface area contributed by atoms with Gasteiger partial charge in [0.1, 0.15) is 10.7 Å². The molecule has 4 rings (SSSR count). The lowest BCUT2D eigenvalue weighted by Crippen LogP contribution is -2.47. The highest BCUT2D eigenvalue weighted by molar-refractivity contribution is 7.71. The molecule has 1 saturated heterocycles. The van der Waals surface area contributed by atoms with Crippen molar-refractivity contribution >= 4 is 29.0 Å². The minimum Gasteiger partial charge on any atom is -0.390 e. The average Bonchev–Trinajstić information content (AvgIpc) is 3.14. The van der Waals surface area contributed by atoms with Gasteiger partial charge in [-0.3, -0.25) is 9.89 Å². The fraction of sp³-hybridized carbons (Fsp3) is 0.350. The highest BCUT2D eigenvalue weighted by atomic mass is 32.1. The van der Waals surface area contributed by atoms with Crippen molar-refractivity contribution in [3.63, 3.8) is 0 Å². The fourth-order valence-electron chi connectivity index (χ4n) is 3.60. The van der Waals surface area contributed by atoms with Crippen molar-refractivity contribution in [2.45, 2.75) is 31.4 Å². The van der Waals surface area contributed by atoms with Crippen LogP contribution in [0.2, 0.25) is 0 Å². The van der Waals surface area contributed by atoms with E-state index in [1.54, 1.807) is 6.20 Å². The Morgan fingerprint density at radius 2 is 1.96 bits per heavy atom. The van der Waals surface area contributed by atoms with Crippen LogP contribution >= 0.6 is 12.2 Å². The van der Waals surface area contributed by atoms with Crippen LogP contribution in [-0.4, -0.2) is 49.4 Å². The maximum atomic E-state index is 13.5. The van der Waals surface area contributed by atoms with Crippen molar-refractivity contribution in [3.05, 3.63) is 59.0 Å². The Labute approximate surface area is 162 Å². The van der Waals surface area contributed by atoms with Gasteiger partial charge in [0.05, 0.1) is 22.7 Å². The Hall–Kier alpha value is -2.51. The first-order valence-electron chi connectivity index (χ1n) is 9.07. The number of H-pyrrole nitrogens is 1. The molecule has 0 spiro atoms. The normalized spacial score (nSPS) is 17.8. The molecular formula is C20H22N4O2S. The molecule has 6 nitrogen and oxygen atoms in total. The second kappa shape index (κ2) is 6.90. The first-order valence-corrected chi connectivity index (χ1v) is 9.47. The standard InChI is InChI=1S/C20H22N4O2S/c1-20(26)8-11-23(12-9-20)18(25)17(14-5-3-2-4-6-14)24-10-7-16-15(19(24)27)13-21-22-16/h2-7,10,13,17,26H,8-9,11-12H2,1H3,(H,21,22). The van der Waals surface area contributed by atoms with Gasteiger partial charge in [-0.1, -0.05) is 42.5 Å². The maximum Gasteiger partial charge on any atom is 0.250 e. The van der Waals surface area contributed by atoms with Crippen molar-refractivity contribution < 1.29 is 9.90 Å². The zero-order valence-electron chi connectivity index (χ0n) is 15.1. The number of carbonyl (C=O) groups excluding carboxylic acids is 1. The highest BCUT2D eigenvalue weighted by Gasteiger charge is 2.34. The Morgan fingerprint density at radius 1 is 1.26 bits per heavy atom. The second-order valence-corrected chi connectivity index (χ2v) is 7.75. The van der Waals surface area contributed by atoms with E-state index in [1.807, 2.05) is 59.0 Å². The third-order valence-electron chi connectivity index (χ3n) is 5.32. The molecule has 7 heteroatoms. The number of hydrogen-bond acceptors (Lipinski definition) is 4. The van der Waals surface area contributed by atoms with Gasteiger partial charge in [-0.05, 0) is 31.4 Å². The zero-order valence-corrected chi connectivity index (χ0v) is 15.9. The summed E-state index contributed by atoms with van der Waals surface area (Å²) in [6, 6.07) is 11.0. The molecule has 1 aliphatic heterocycles. The third kappa shape index (κ3) is 3.40. The smallest absolute Gasteiger partial charge is 0.250 e. The summed E-state index contributed by atoms with van der Waals surface area (Å²) in [6.45, 7) is 2.90. The van der Waals surface area contributed by atoms with Gasteiger partial charge in [0.2, 0.25) is 5.91 Å². The molecule has 1 aliphatic rings. The van der Waals surface area contributed by atoms with Crippen molar-refractivity contribution in [3.8, 4) is 0 Å². The van der Waals surface area contributed by atoms with Crippen molar-refractivity contribution in [1.82, 2.24) is 19.7 Å². The first kappa shape index (κ1) is 17.9. The molecule has 140 valence electrons. The van der Waals surface area contributed by atoms with E-state index in [1.165, 1.54) is 0 Å². The molecule has 1 atom stereocenters. The van der Waals surface area contributed by atoms with Gasteiger partial charge in [0, 0.05) is 19.3 Å². The van der Waals surface area contributed by atoms with Crippen molar-refractivity contribution in [2.24, 2.45) is 0 Å². The summed E-state index contributed by atoms with van der Waals surface area (Å²) in [5.74, 6) is -0.00403. The number of likely N-dealkylation sites (tertiary alicyclic amines) is 1. The summed E-state index contributed by atoms with van der Waals surface area (Å²) in [6.07, 6.45) is 4.69. The van der Waals surface area contributed by atoms with E-state index in [0.29, 0.717) is 30.6 Å². The second-order valence-electron chi connectivity index (χ2n) is 7.36. The molecule has 2 N–H and O–H groups in total. The number of piperidine rings is 1. The number of rotatable bonds is 3. The molecule has 0 aliphatic carbocycles. The van der Waals surface area contributed by atoms with Crippen LogP contribution in [0.25, 0.3) is 10.9 Å². The molecule has 1 unspecified atom stereocenters. The van der Waals surface area contributed by atoms with Gasteiger partial charge in [0.15, 0.2) is 0 Å². The predicted molar refractivity (Wildman–Crippen MR) is 106 cm³/mol. The van der Waals surface area contributed by atoms with Crippen molar-refractivity contribution in [1.29, 1.82) is 0 Å². The predicted octanol–water partition coefficient (Wildman–Crippen LogP) is 3.06. The van der Waals surface area contributed by atoms with Crippen LogP contribution < -0.4 is 0 Å². The van der Waals surface area contributed by atoms with E-state index < -0.39 is 11.6 Å². The summed E-state index contributed by atoms with van der Waals surface area (Å²) in [7, 11) is 0. The van der Waals surface area contributed by atoms with Gasteiger partial charge in [0.25, 0.3) is 0 Å². The minimum absolute atomic E-state index is 0.00403. The van der Waals surface area contributed by atoms with Crippen LogP contribution in [0, 0.1) is 4.64 Å². The number of amides is 1. The topological polar surface area (TPSA) is 74.2 Å². The molecule has 3 heterocycles. The summed E-state index contributed by atoms with van der Waals surface area (Å²) < 4.78 is 2.42. The van der Waals surface area contributed by atoms with Gasteiger partial charge >= 0.3 is 0 Å². The number of carbonyl (C=O) groups is 1. The highest BCUT2D eigenvalue weighted by Crippen LogP contribution is 2.28. The molecule has 0 radical (unpaired) electrons. The fourth-order valence-corrected chi connectivity index (χ4v) is 3.93. The van der Waals surface area contributed by atoms with Crippen LogP contribution in [0.4, 0.5) is 0 Å². The number of aromatic nitrogens is 3. The Balaban J connectivity index is 1.77. The number of aliphatic hydroxyl groups is 1. The van der Waals surface area contributed by atoms with Crippen molar-refractivity contribution in [2.75, 3.05) is 13.1 Å². The first-order chi connectivity index (χ1) is 13.0. The lowest BCUT2D eigenvalue weighted by molar-refractivity contribution is -0.137. The molecule has 2 aromatic heterocycles.